The number of fused-ring (bicyclic) bond motifs is 2. The van der Waals surface area contributed by atoms with Gasteiger partial charge in [0.25, 0.3) is 0 Å². The fourth-order valence-electron chi connectivity index (χ4n) is 7.08. The highest BCUT2D eigenvalue weighted by Gasteiger charge is 2.50. The molecule has 10 heteroatoms. The third kappa shape index (κ3) is 4.94. The summed E-state index contributed by atoms with van der Waals surface area (Å²) in [7, 11) is 0. The molecule has 1 aromatic heterocycles. The lowest BCUT2D eigenvalue weighted by Crippen LogP contribution is -2.63. The van der Waals surface area contributed by atoms with Crippen molar-refractivity contribution in [3.8, 4) is 0 Å². The number of urea groups is 1. The van der Waals surface area contributed by atoms with Crippen LogP contribution < -0.4 is 16.2 Å². The quantitative estimate of drug-likeness (QED) is 0.584. The number of alkyl halides is 3. The third-order valence-corrected chi connectivity index (χ3v) is 8.70. The van der Waals surface area contributed by atoms with Crippen molar-refractivity contribution in [2.75, 3.05) is 26.2 Å². The second-order valence-electron chi connectivity index (χ2n) is 11.1. The van der Waals surface area contributed by atoms with E-state index in [9.17, 15) is 18.0 Å². The molecule has 1 saturated carbocycles. The van der Waals surface area contributed by atoms with Crippen LogP contribution >= 0.6 is 0 Å². The Hall–Kier alpha value is -2.69. The Bertz CT molecular complexity index is 1130. The lowest BCUT2D eigenvalue weighted by molar-refractivity contribution is -0.143. The summed E-state index contributed by atoms with van der Waals surface area (Å²) >= 11 is 0. The van der Waals surface area contributed by atoms with Gasteiger partial charge in [-0.15, -0.1) is 0 Å². The minimum atomic E-state index is -4.27. The van der Waals surface area contributed by atoms with E-state index in [4.69, 9.17) is 0 Å². The van der Waals surface area contributed by atoms with Gasteiger partial charge in [-0.25, -0.2) is 10.2 Å². The van der Waals surface area contributed by atoms with Gasteiger partial charge in [-0.1, -0.05) is 30.3 Å². The summed E-state index contributed by atoms with van der Waals surface area (Å²) in [4.78, 5) is 21.0. The summed E-state index contributed by atoms with van der Waals surface area (Å²) in [6, 6.07) is 13.8. The van der Waals surface area contributed by atoms with E-state index in [1.807, 2.05) is 54.4 Å². The normalized spacial score (nSPS) is 34.2. The van der Waals surface area contributed by atoms with E-state index < -0.39 is 12.7 Å². The molecule has 7 atom stereocenters. The van der Waals surface area contributed by atoms with Gasteiger partial charge >= 0.3 is 12.2 Å². The van der Waals surface area contributed by atoms with E-state index in [0.717, 1.165) is 24.1 Å². The number of carbonyl (C=O) groups is 1. The number of rotatable bonds is 4. The molecule has 4 heterocycles. The number of nitrogens with zero attached hydrogens (tertiary/aromatic N) is 3. The summed E-state index contributed by atoms with van der Waals surface area (Å²) in [5.41, 5.74) is 10.1. The van der Waals surface area contributed by atoms with E-state index >= 15 is 0 Å². The average molecular weight is 515 g/mol. The van der Waals surface area contributed by atoms with E-state index in [1.165, 1.54) is 10.5 Å². The third-order valence-electron chi connectivity index (χ3n) is 8.70. The summed E-state index contributed by atoms with van der Waals surface area (Å²) in [5.74, 6) is 0.429. The maximum Gasteiger partial charge on any atom is 0.401 e. The lowest BCUT2D eigenvalue weighted by Gasteiger charge is -2.48. The largest absolute Gasteiger partial charge is 0.401 e. The Morgan fingerprint density at radius 2 is 1.81 bits per heavy atom. The van der Waals surface area contributed by atoms with Gasteiger partial charge in [0.1, 0.15) is 0 Å². The number of benzene rings is 1. The minimum absolute atomic E-state index is 0.0556. The summed E-state index contributed by atoms with van der Waals surface area (Å²) in [5, 5.41) is 3.23. The van der Waals surface area contributed by atoms with Gasteiger partial charge in [-0.3, -0.25) is 15.3 Å². The first-order valence-corrected chi connectivity index (χ1v) is 13.1. The van der Waals surface area contributed by atoms with Crippen LogP contribution in [0.25, 0.3) is 0 Å². The zero-order valence-electron chi connectivity index (χ0n) is 20.8. The molecular formula is C27H33F3N6O. The smallest absolute Gasteiger partial charge is 0.335 e. The predicted molar refractivity (Wildman–Crippen MR) is 132 cm³/mol. The molecule has 0 bridgehead atoms. The Balaban J connectivity index is 1.22. The highest BCUT2D eigenvalue weighted by atomic mass is 19.4. The van der Waals surface area contributed by atoms with E-state index in [-0.39, 0.29) is 55.1 Å². The van der Waals surface area contributed by atoms with Crippen LogP contribution in [0.3, 0.4) is 0 Å². The molecule has 1 aliphatic carbocycles. The van der Waals surface area contributed by atoms with Gasteiger partial charge in [-0.05, 0) is 54.9 Å². The van der Waals surface area contributed by atoms with Gasteiger partial charge in [0, 0.05) is 49.5 Å². The Kier molecular flexibility index (Phi) is 6.37. The van der Waals surface area contributed by atoms with Crippen LogP contribution in [-0.4, -0.2) is 71.3 Å². The molecule has 2 amide bonds. The number of nitrogens with one attached hydrogen (secondary N) is 3. The first kappa shape index (κ1) is 24.6. The van der Waals surface area contributed by atoms with Crippen molar-refractivity contribution in [3.05, 3.63) is 65.5 Å². The van der Waals surface area contributed by atoms with E-state index in [2.05, 4.69) is 27.2 Å². The Labute approximate surface area is 214 Å². The molecule has 1 aromatic carbocycles. The van der Waals surface area contributed by atoms with Crippen molar-refractivity contribution >= 4 is 6.03 Å². The zero-order chi connectivity index (χ0) is 25.7. The number of hydrogen-bond acceptors (Lipinski definition) is 5. The Morgan fingerprint density at radius 1 is 1.00 bits per heavy atom. The first-order chi connectivity index (χ1) is 17.7. The van der Waals surface area contributed by atoms with Crippen LogP contribution in [0, 0.1) is 18.8 Å². The van der Waals surface area contributed by atoms with Crippen LogP contribution in [0.5, 0.6) is 0 Å². The molecule has 37 heavy (non-hydrogen) atoms. The van der Waals surface area contributed by atoms with Gasteiger partial charge in [0.15, 0.2) is 0 Å². The Morgan fingerprint density at radius 3 is 2.57 bits per heavy atom. The van der Waals surface area contributed by atoms with Gasteiger partial charge in [0.2, 0.25) is 0 Å². The maximum atomic E-state index is 13.4. The number of aryl methyl sites for hydroxylation is 1. The minimum Gasteiger partial charge on any atom is -0.335 e. The lowest BCUT2D eigenvalue weighted by atomic mass is 9.71. The van der Waals surface area contributed by atoms with E-state index in [1.54, 1.807) is 0 Å². The molecular weight excluding hydrogens is 481 g/mol. The standard InChI is InChI=1S/C27H33F3N6O/c1-16-9-18(7-8-31-16)25-20-10-19-12-36(26(37)32-22(19)11-23(20)33-34-25)24-14-35(15-27(28,29)30)13-21(24)17-5-3-2-4-6-17/h2-9,19-25,33-34H,10-15H2,1H3,(H,32,37)/t19?,20?,21-,22?,23?,24+,25?/m1/s1. The summed E-state index contributed by atoms with van der Waals surface area (Å²) in [6.45, 7) is 2.10. The highest BCUT2D eigenvalue weighted by Crippen LogP contribution is 2.43. The molecule has 4 fully saturated rings. The molecule has 3 N–H and O–H groups in total. The van der Waals surface area contributed by atoms with Crippen LogP contribution in [0.4, 0.5) is 18.0 Å². The molecule has 3 saturated heterocycles. The molecule has 2 aromatic rings. The maximum absolute atomic E-state index is 13.4. The molecule has 7 nitrogen and oxygen atoms in total. The van der Waals surface area contributed by atoms with Crippen LogP contribution in [-0.2, 0) is 0 Å². The first-order valence-electron chi connectivity index (χ1n) is 13.1. The molecule has 3 aliphatic heterocycles. The molecule has 198 valence electrons. The number of hydrazine groups is 1. The number of aromatic nitrogens is 1. The number of likely N-dealkylation sites (tertiary alicyclic amines) is 1. The molecule has 4 aliphatic rings. The average Bonchev–Trinajstić information content (AvgIpc) is 3.45. The fourth-order valence-corrected chi connectivity index (χ4v) is 7.08. The number of hydrogen-bond donors (Lipinski definition) is 3. The molecule has 5 unspecified atom stereocenters. The number of halogens is 3. The second-order valence-corrected chi connectivity index (χ2v) is 11.1. The van der Waals surface area contributed by atoms with Gasteiger partial charge < -0.3 is 10.2 Å². The summed E-state index contributed by atoms with van der Waals surface area (Å²) < 4.78 is 39.8. The van der Waals surface area contributed by atoms with E-state index in [0.29, 0.717) is 12.5 Å². The van der Waals surface area contributed by atoms with Crippen molar-refractivity contribution in [2.45, 2.75) is 56.0 Å². The summed E-state index contributed by atoms with van der Waals surface area (Å²) in [6.07, 6.45) is -0.681. The van der Waals surface area contributed by atoms with Crippen LogP contribution in [0.2, 0.25) is 0 Å². The van der Waals surface area contributed by atoms with Crippen LogP contribution in [0.1, 0.15) is 41.6 Å². The molecule has 0 spiro atoms. The van der Waals surface area contributed by atoms with Gasteiger partial charge in [0.05, 0.1) is 18.6 Å². The fraction of sp³-hybridized carbons (Fsp3) is 0.556. The van der Waals surface area contributed by atoms with Gasteiger partial charge in [-0.2, -0.15) is 13.2 Å². The van der Waals surface area contributed by atoms with Crippen molar-refractivity contribution in [1.82, 2.24) is 31.0 Å². The van der Waals surface area contributed by atoms with Crippen molar-refractivity contribution in [2.24, 2.45) is 11.8 Å². The number of carbonyl (C=O) groups excluding carboxylic acids is 1. The topological polar surface area (TPSA) is 72.5 Å². The highest BCUT2D eigenvalue weighted by molar-refractivity contribution is 5.76. The monoisotopic (exact) mass is 514 g/mol. The van der Waals surface area contributed by atoms with Crippen molar-refractivity contribution < 1.29 is 18.0 Å². The predicted octanol–water partition coefficient (Wildman–Crippen LogP) is 3.36. The van der Waals surface area contributed by atoms with Crippen molar-refractivity contribution in [3.63, 3.8) is 0 Å². The second kappa shape index (κ2) is 9.56. The number of amides is 2. The molecule has 6 rings (SSSR count). The molecule has 0 radical (unpaired) electrons. The SMILES string of the molecule is Cc1cc(C2NNC3CC4NC(=O)N([C@H]5CN(CC(F)(F)F)C[C@@H]5c5ccccc5)CC4CC32)ccn1. The van der Waals surface area contributed by atoms with Crippen molar-refractivity contribution in [1.29, 1.82) is 0 Å². The number of pyridine rings is 1. The van der Waals surface area contributed by atoms with Crippen LogP contribution in [0.15, 0.2) is 48.7 Å². The zero-order valence-corrected chi connectivity index (χ0v) is 20.8.